The van der Waals surface area contributed by atoms with Crippen LogP contribution in [0.4, 0.5) is 0 Å². The Kier molecular flexibility index (Phi) is 7.39. The molecule has 2 aromatic rings. The highest BCUT2D eigenvalue weighted by Gasteiger charge is 2.27. The van der Waals surface area contributed by atoms with Crippen molar-refractivity contribution in [1.82, 2.24) is 10.2 Å². The van der Waals surface area contributed by atoms with Crippen LogP contribution in [-0.4, -0.2) is 35.8 Å². The zero-order valence-electron chi connectivity index (χ0n) is 15.4. The van der Waals surface area contributed by atoms with Crippen molar-refractivity contribution in [3.8, 4) is 0 Å². The lowest BCUT2D eigenvalue weighted by Gasteiger charge is -2.34. The van der Waals surface area contributed by atoms with Crippen molar-refractivity contribution in [3.63, 3.8) is 0 Å². The largest absolute Gasteiger partial charge is 0.349 e. The first-order chi connectivity index (χ1) is 12.5. The monoisotopic (exact) mass is 387 g/mol. The van der Waals surface area contributed by atoms with Crippen LogP contribution in [0.1, 0.15) is 40.4 Å². The highest BCUT2D eigenvalue weighted by molar-refractivity contribution is 5.94. The topological polar surface area (TPSA) is 75.4 Å². The maximum Gasteiger partial charge on any atom is 0.251 e. The van der Waals surface area contributed by atoms with Gasteiger partial charge in [0.2, 0.25) is 5.91 Å². The molecule has 3 rings (SSSR count). The van der Waals surface area contributed by atoms with Crippen LogP contribution < -0.4 is 11.1 Å². The Morgan fingerprint density at radius 1 is 1.04 bits per heavy atom. The third-order valence-electron chi connectivity index (χ3n) is 4.88. The zero-order chi connectivity index (χ0) is 18.5. The van der Waals surface area contributed by atoms with Crippen LogP contribution in [0.25, 0.3) is 0 Å². The summed E-state index contributed by atoms with van der Waals surface area (Å²) in [4.78, 5) is 26.7. The molecule has 0 spiro atoms. The van der Waals surface area contributed by atoms with Crippen LogP contribution in [0, 0.1) is 6.92 Å². The lowest BCUT2D eigenvalue weighted by molar-refractivity contribution is -0.133. The van der Waals surface area contributed by atoms with Crippen molar-refractivity contribution in [2.24, 2.45) is 5.73 Å². The van der Waals surface area contributed by atoms with Gasteiger partial charge < -0.3 is 16.0 Å². The van der Waals surface area contributed by atoms with Gasteiger partial charge in [0.05, 0.1) is 0 Å². The lowest BCUT2D eigenvalue weighted by atomic mass is 10.0. The second-order valence-corrected chi connectivity index (χ2v) is 6.83. The number of aryl methyl sites for hydroxylation is 1. The number of nitrogens with one attached hydrogen (secondary N) is 1. The van der Waals surface area contributed by atoms with E-state index in [0.29, 0.717) is 18.7 Å². The van der Waals surface area contributed by atoms with Crippen molar-refractivity contribution < 1.29 is 9.59 Å². The molecular weight excluding hydrogens is 362 g/mol. The van der Waals surface area contributed by atoms with Gasteiger partial charge >= 0.3 is 0 Å². The van der Waals surface area contributed by atoms with Gasteiger partial charge in [-0.1, -0.05) is 48.0 Å². The number of carbonyl (C=O) groups excluding carboxylic acids is 2. The molecule has 1 aliphatic heterocycles. The number of rotatable bonds is 4. The second kappa shape index (κ2) is 9.53. The van der Waals surface area contributed by atoms with Gasteiger partial charge in [-0.2, -0.15) is 0 Å². The van der Waals surface area contributed by atoms with Crippen molar-refractivity contribution >= 4 is 24.2 Å². The fourth-order valence-corrected chi connectivity index (χ4v) is 3.22. The molecule has 0 bridgehead atoms. The Hall–Kier alpha value is -2.37. The van der Waals surface area contributed by atoms with E-state index in [1.807, 2.05) is 49.4 Å². The first-order valence-corrected chi connectivity index (χ1v) is 9.01. The van der Waals surface area contributed by atoms with Crippen LogP contribution >= 0.6 is 12.4 Å². The Morgan fingerprint density at radius 3 is 2.22 bits per heavy atom. The van der Waals surface area contributed by atoms with E-state index in [-0.39, 0.29) is 30.3 Å². The summed E-state index contributed by atoms with van der Waals surface area (Å²) >= 11 is 0. The summed E-state index contributed by atoms with van der Waals surface area (Å²) in [5.74, 6) is -0.117. The number of carbonyl (C=O) groups is 2. The molecule has 6 heteroatoms. The highest BCUT2D eigenvalue weighted by Crippen LogP contribution is 2.18. The van der Waals surface area contributed by atoms with Gasteiger partial charge in [-0.25, -0.2) is 0 Å². The first-order valence-electron chi connectivity index (χ1n) is 9.01. The predicted octanol–water partition coefficient (Wildman–Crippen LogP) is 2.84. The molecule has 3 N–H and O–H groups in total. The molecule has 1 saturated heterocycles. The van der Waals surface area contributed by atoms with Crippen LogP contribution in [-0.2, 0) is 4.79 Å². The van der Waals surface area contributed by atoms with E-state index in [1.54, 1.807) is 17.0 Å². The van der Waals surface area contributed by atoms with E-state index >= 15 is 0 Å². The van der Waals surface area contributed by atoms with Crippen molar-refractivity contribution in [2.45, 2.75) is 31.8 Å². The van der Waals surface area contributed by atoms with Gasteiger partial charge in [-0.15, -0.1) is 12.4 Å². The molecule has 27 heavy (non-hydrogen) atoms. The van der Waals surface area contributed by atoms with Gasteiger partial charge in [-0.3, -0.25) is 9.59 Å². The van der Waals surface area contributed by atoms with E-state index < -0.39 is 6.04 Å². The van der Waals surface area contributed by atoms with Gasteiger partial charge in [0.15, 0.2) is 0 Å². The normalized spacial score (nSPS) is 15.6. The molecule has 2 amide bonds. The second-order valence-electron chi connectivity index (χ2n) is 6.83. The molecule has 0 radical (unpaired) electrons. The van der Waals surface area contributed by atoms with Gasteiger partial charge in [-0.05, 0) is 37.5 Å². The van der Waals surface area contributed by atoms with Crippen LogP contribution in [0.3, 0.4) is 0 Å². The number of amides is 2. The van der Waals surface area contributed by atoms with Gasteiger partial charge in [0.1, 0.15) is 6.04 Å². The molecule has 144 valence electrons. The first kappa shape index (κ1) is 20.9. The predicted molar refractivity (Wildman–Crippen MR) is 109 cm³/mol. The van der Waals surface area contributed by atoms with Crippen molar-refractivity contribution in [3.05, 3.63) is 71.3 Å². The van der Waals surface area contributed by atoms with Crippen molar-refractivity contribution in [1.29, 1.82) is 0 Å². The van der Waals surface area contributed by atoms with Crippen LogP contribution in [0.5, 0.6) is 0 Å². The van der Waals surface area contributed by atoms with Gasteiger partial charge in [0, 0.05) is 24.7 Å². The number of hydrogen-bond acceptors (Lipinski definition) is 3. The number of halogens is 1. The summed E-state index contributed by atoms with van der Waals surface area (Å²) in [6, 6.07) is 16.4. The third kappa shape index (κ3) is 5.31. The minimum Gasteiger partial charge on any atom is -0.349 e. The number of nitrogens with two attached hydrogens (primary N) is 1. The number of nitrogens with zero attached hydrogens (tertiary/aromatic N) is 1. The molecule has 2 aromatic carbocycles. The molecule has 1 atom stereocenters. The van der Waals surface area contributed by atoms with E-state index in [9.17, 15) is 9.59 Å². The SMILES string of the molecule is Cc1ccc(C(N)C(=O)N2CCC(NC(=O)c3ccccc3)CC2)cc1.Cl. The standard InChI is InChI=1S/C21H25N3O2.ClH/c1-15-7-9-16(10-8-15)19(22)21(26)24-13-11-18(12-14-24)23-20(25)17-5-3-2-4-6-17;/h2-10,18-19H,11-14,22H2,1H3,(H,23,25);1H. The summed E-state index contributed by atoms with van der Waals surface area (Å²) in [6.07, 6.45) is 1.48. The summed E-state index contributed by atoms with van der Waals surface area (Å²) in [6.45, 7) is 3.22. The van der Waals surface area contributed by atoms with Crippen LogP contribution in [0.2, 0.25) is 0 Å². The molecule has 0 aromatic heterocycles. The number of hydrogen-bond donors (Lipinski definition) is 2. The Bertz CT molecular complexity index is 757. The Balaban J connectivity index is 0.00000261. The minimum absolute atomic E-state index is 0. The number of piperidine rings is 1. The maximum atomic E-state index is 12.6. The molecular formula is C21H26ClN3O2. The minimum atomic E-state index is -0.633. The van der Waals surface area contributed by atoms with Gasteiger partial charge in [0.25, 0.3) is 5.91 Å². The molecule has 0 saturated carbocycles. The average Bonchev–Trinajstić information content (AvgIpc) is 2.69. The quantitative estimate of drug-likeness (QED) is 0.847. The Morgan fingerprint density at radius 2 is 1.63 bits per heavy atom. The smallest absolute Gasteiger partial charge is 0.251 e. The van der Waals surface area contributed by atoms with E-state index in [4.69, 9.17) is 5.73 Å². The summed E-state index contributed by atoms with van der Waals surface area (Å²) in [5.41, 5.74) is 8.78. The van der Waals surface area contributed by atoms with E-state index in [1.165, 1.54) is 0 Å². The highest BCUT2D eigenvalue weighted by atomic mass is 35.5. The Labute approximate surface area is 166 Å². The number of likely N-dealkylation sites (tertiary alicyclic amines) is 1. The maximum absolute atomic E-state index is 12.6. The summed E-state index contributed by atoms with van der Waals surface area (Å²) in [7, 11) is 0. The zero-order valence-corrected chi connectivity index (χ0v) is 16.2. The molecule has 1 aliphatic rings. The lowest BCUT2D eigenvalue weighted by Crippen LogP contribution is -2.48. The molecule has 1 unspecified atom stereocenters. The number of benzene rings is 2. The van der Waals surface area contributed by atoms with E-state index in [0.717, 1.165) is 24.0 Å². The van der Waals surface area contributed by atoms with Crippen LogP contribution in [0.15, 0.2) is 54.6 Å². The summed E-state index contributed by atoms with van der Waals surface area (Å²) < 4.78 is 0. The fraction of sp³-hybridized carbons (Fsp3) is 0.333. The molecule has 5 nitrogen and oxygen atoms in total. The third-order valence-corrected chi connectivity index (χ3v) is 4.88. The molecule has 1 heterocycles. The molecule has 0 aliphatic carbocycles. The average molecular weight is 388 g/mol. The summed E-state index contributed by atoms with van der Waals surface area (Å²) in [5, 5.41) is 3.05. The van der Waals surface area contributed by atoms with Crippen molar-refractivity contribution in [2.75, 3.05) is 13.1 Å². The molecule has 1 fully saturated rings. The fourth-order valence-electron chi connectivity index (χ4n) is 3.22. The van der Waals surface area contributed by atoms with E-state index in [2.05, 4.69) is 5.32 Å².